The zero-order chi connectivity index (χ0) is 22.8. The van der Waals surface area contributed by atoms with Crippen LogP contribution in [0.3, 0.4) is 0 Å². The van der Waals surface area contributed by atoms with Gasteiger partial charge in [-0.05, 0) is 55.2 Å². The largest absolute Gasteiger partial charge is 0.372 e. The second-order valence-corrected chi connectivity index (χ2v) is 8.66. The van der Waals surface area contributed by atoms with Crippen molar-refractivity contribution in [3.8, 4) is 0 Å². The standard InChI is InChI=1S/C28H27N3O2/c1-20-9-11-22(12-10-20)25-26(28(33)31(27(25)32)19-21-7-3-2-4-8-21)29-23-13-15-24(16-14-23)30-17-5-6-18-30/h2-4,7-16,29H,5-6,17-19H2,1H3. The summed E-state index contributed by atoms with van der Waals surface area (Å²) in [5.41, 5.74) is 5.48. The lowest BCUT2D eigenvalue weighted by atomic mass is 10.0. The molecule has 0 bridgehead atoms. The normalized spacial score (nSPS) is 16.2. The molecule has 5 heteroatoms. The van der Waals surface area contributed by atoms with Crippen molar-refractivity contribution in [1.82, 2.24) is 4.90 Å². The smallest absolute Gasteiger partial charge is 0.278 e. The summed E-state index contributed by atoms with van der Waals surface area (Å²) in [5, 5.41) is 3.27. The van der Waals surface area contributed by atoms with Gasteiger partial charge in [0.05, 0.1) is 12.1 Å². The van der Waals surface area contributed by atoms with Crippen molar-refractivity contribution < 1.29 is 9.59 Å². The second-order valence-electron chi connectivity index (χ2n) is 8.66. The minimum atomic E-state index is -0.303. The highest BCUT2D eigenvalue weighted by molar-refractivity contribution is 6.36. The van der Waals surface area contributed by atoms with E-state index in [1.165, 1.54) is 23.4 Å². The minimum Gasteiger partial charge on any atom is -0.372 e. The molecule has 5 rings (SSSR count). The average molecular weight is 438 g/mol. The molecule has 5 nitrogen and oxygen atoms in total. The number of amides is 2. The molecule has 2 amide bonds. The van der Waals surface area contributed by atoms with Crippen molar-refractivity contribution in [3.63, 3.8) is 0 Å². The lowest BCUT2D eigenvalue weighted by Gasteiger charge is -2.18. The van der Waals surface area contributed by atoms with E-state index in [1.807, 2.05) is 73.7 Å². The van der Waals surface area contributed by atoms with Gasteiger partial charge in [0, 0.05) is 24.5 Å². The Morgan fingerprint density at radius 1 is 0.788 bits per heavy atom. The monoisotopic (exact) mass is 437 g/mol. The van der Waals surface area contributed by atoms with Crippen LogP contribution in [0.25, 0.3) is 5.57 Å². The van der Waals surface area contributed by atoms with Gasteiger partial charge in [0.2, 0.25) is 0 Å². The molecular formula is C28H27N3O2. The predicted molar refractivity (Wildman–Crippen MR) is 132 cm³/mol. The van der Waals surface area contributed by atoms with Crippen LogP contribution in [0.5, 0.6) is 0 Å². The molecule has 3 aromatic carbocycles. The predicted octanol–water partition coefficient (Wildman–Crippen LogP) is 4.99. The molecule has 2 heterocycles. The molecule has 0 aromatic heterocycles. The number of benzene rings is 3. The van der Waals surface area contributed by atoms with Crippen LogP contribution in [0.2, 0.25) is 0 Å². The summed E-state index contributed by atoms with van der Waals surface area (Å²) >= 11 is 0. The second kappa shape index (κ2) is 8.94. The van der Waals surface area contributed by atoms with Crippen molar-refractivity contribution in [2.45, 2.75) is 26.3 Å². The molecule has 0 atom stereocenters. The van der Waals surface area contributed by atoms with Crippen LogP contribution in [0.1, 0.15) is 29.5 Å². The van der Waals surface area contributed by atoms with E-state index in [0.29, 0.717) is 11.3 Å². The highest BCUT2D eigenvalue weighted by atomic mass is 16.2. The van der Waals surface area contributed by atoms with Gasteiger partial charge in [-0.1, -0.05) is 60.2 Å². The highest BCUT2D eigenvalue weighted by Crippen LogP contribution is 2.32. The molecule has 3 aromatic rings. The molecule has 33 heavy (non-hydrogen) atoms. The van der Waals surface area contributed by atoms with E-state index in [1.54, 1.807) is 0 Å². The van der Waals surface area contributed by atoms with Gasteiger partial charge in [-0.25, -0.2) is 0 Å². The molecule has 0 unspecified atom stereocenters. The third kappa shape index (κ3) is 4.27. The molecule has 166 valence electrons. The first-order chi connectivity index (χ1) is 16.1. The van der Waals surface area contributed by atoms with E-state index in [2.05, 4.69) is 22.3 Å². The van der Waals surface area contributed by atoms with E-state index in [0.717, 1.165) is 35.5 Å². The zero-order valence-electron chi connectivity index (χ0n) is 18.8. The first-order valence-corrected chi connectivity index (χ1v) is 11.4. The molecule has 2 aliphatic heterocycles. The number of carbonyl (C=O) groups excluding carboxylic acids is 2. The molecule has 1 fully saturated rings. The zero-order valence-corrected chi connectivity index (χ0v) is 18.8. The fourth-order valence-electron chi connectivity index (χ4n) is 4.46. The number of imide groups is 1. The number of anilines is 2. The number of nitrogens with one attached hydrogen (secondary N) is 1. The fourth-order valence-corrected chi connectivity index (χ4v) is 4.46. The molecule has 0 radical (unpaired) electrons. The van der Waals surface area contributed by atoms with Crippen LogP contribution in [-0.4, -0.2) is 29.8 Å². The third-order valence-electron chi connectivity index (χ3n) is 6.30. The van der Waals surface area contributed by atoms with Gasteiger partial charge in [-0.15, -0.1) is 0 Å². The van der Waals surface area contributed by atoms with Crippen molar-refractivity contribution >= 4 is 28.8 Å². The van der Waals surface area contributed by atoms with E-state index < -0.39 is 0 Å². The van der Waals surface area contributed by atoms with Gasteiger partial charge in [0.15, 0.2) is 0 Å². The number of hydrogen-bond acceptors (Lipinski definition) is 4. The number of hydrogen-bond donors (Lipinski definition) is 1. The topological polar surface area (TPSA) is 52.7 Å². The van der Waals surface area contributed by atoms with E-state index >= 15 is 0 Å². The fraction of sp³-hybridized carbons (Fsp3) is 0.214. The summed E-state index contributed by atoms with van der Waals surface area (Å²) in [4.78, 5) is 30.6. The number of aryl methyl sites for hydroxylation is 1. The van der Waals surface area contributed by atoms with Gasteiger partial charge >= 0.3 is 0 Å². The van der Waals surface area contributed by atoms with Crippen LogP contribution < -0.4 is 10.2 Å². The minimum absolute atomic E-state index is 0.243. The third-order valence-corrected chi connectivity index (χ3v) is 6.30. The van der Waals surface area contributed by atoms with Crippen LogP contribution >= 0.6 is 0 Å². The SMILES string of the molecule is Cc1ccc(C2=C(Nc3ccc(N4CCCC4)cc3)C(=O)N(Cc3ccccc3)C2=O)cc1. The lowest BCUT2D eigenvalue weighted by molar-refractivity contribution is -0.137. The summed E-state index contributed by atoms with van der Waals surface area (Å²) in [7, 11) is 0. The van der Waals surface area contributed by atoms with Gasteiger partial charge in [0.25, 0.3) is 11.8 Å². The average Bonchev–Trinajstić information content (AvgIpc) is 3.45. The van der Waals surface area contributed by atoms with Crippen molar-refractivity contribution in [2.75, 3.05) is 23.3 Å². The van der Waals surface area contributed by atoms with Crippen LogP contribution in [-0.2, 0) is 16.1 Å². The summed E-state index contributed by atoms with van der Waals surface area (Å²) in [5.74, 6) is -0.577. The molecule has 0 aliphatic carbocycles. The Balaban J connectivity index is 1.47. The Morgan fingerprint density at radius 2 is 1.45 bits per heavy atom. The van der Waals surface area contributed by atoms with Crippen LogP contribution in [0.15, 0.2) is 84.6 Å². The number of rotatable bonds is 6. The quantitative estimate of drug-likeness (QED) is 0.552. The molecule has 1 N–H and O–H groups in total. The Kier molecular flexibility index (Phi) is 5.69. The van der Waals surface area contributed by atoms with Crippen molar-refractivity contribution in [3.05, 3.63) is 101 Å². The Hall–Kier alpha value is -3.86. The van der Waals surface area contributed by atoms with Gasteiger partial charge in [-0.2, -0.15) is 0 Å². The first kappa shape index (κ1) is 21.0. The van der Waals surface area contributed by atoms with E-state index in [-0.39, 0.29) is 18.4 Å². The summed E-state index contributed by atoms with van der Waals surface area (Å²) < 4.78 is 0. The molecule has 1 saturated heterocycles. The van der Waals surface area contributed by atoms with Crippen molar-refractivity contribution in [1.29, 1.82) is 0 Å². The highest BCUT2D eigenvalue weighted by Gasteiger charge is 2.39. The molecule has 0 spiro atoms. The maximum atomic E-state index is 13.4. The van der Waals surface area contributed by atoms with Crippen LogP contribution in [0, 0.1) is 6.92 Å². The summed E-state index contributed by atoms with van der Waals surface area (Å²) in [6.07, 6.45) is 2.45. The van der Waals surface area contributed by atoms with E-state index in [9.17, 15) is 9.59 Å². The molecule has 2 aliphatic rings. The summed E-state index contributed by atoms with van der Waals surface area (Å²) in [6, 6.07) is 25.4. The number of nitrogens with zero attached hydrogens (tertiary/aromatic N) is 2. The van der Waals surface area contributed by atoms with Crippen molar-refractivity contribution in [2.24, 2.45) is 0 Å². The number of carbonyl (C=O) groups is 2. The van der Waals surface area contributed by atoms with Gasteiger partial charge < -0.3 is 10.2 Å². The molecular weight excluding hydrogens is 410 g/mol. The van der Waals surface area contributed by atoms with Gasteiger partial charge in [-0.3, -0.25) is 14.5 Å². The maximum absolute atomic E-state index is 13.4. The lowest BCUT2D eigenvalue weighted by Crippen LogP contribution is -2.32. The Bertz CT molecular complexity index is 1190. The first-order valence-electron chi connectivity index (χ1n) is 11.4. The Morgan fingerprint density at radius 3 is 2.12 bits per heavy atom. The van der Waals surface area contributed by atoms with E-state index in [4.69, 9.17) is 0 Å². The van der Waals surface area contributed by atoms with Gasteiger partial charge in [0.1, 0.15) is 5.70 Å². The molecule has 0 saturated carbocycles. The van der Waals surface area contributed by atoms with Crippen LogP contribution in [0.4, 0.5) is 11.4 Å². The maximum Gasteiger partial charge on any atom is 0.278 e. The summed E-state index contributed by atoms with van der Waals surface area (Å²) in [6.45, 7) is 4.41. The Labute approximate surface area is 194 Å².